The van der Waals surface area contributed by atoms with E-state index in [1.165, 1.54) is 18.4 Å². The van der Waals surface area contributed by atoms with Gasteiger partial charge in [-0.2, -0.15) is 5.10 Å². The lowest BCUT2D eigenvalue weighted by Crippen LogP contribution is -2.43. The number of aromatic nitrogens is 2. The van der Waals surface area contributed by atoms with Gasteiger partial charge in [0.15, 0.2) is 0 Å². The second-order valence-corrected chi connectivity index (χ2v) is 7.67. The summed E-state index contributed by atoms with van der Waals surface area (Å²) >= 11 is 0. The zero-order chi connectivity index (χ0) is 17.2. The maximum Gasteiger partial charge on any atom is 0.102 e. The summed E-state index contributed by atoms with van der Waals surface area (Å²) in [6, 6.07) is 11.3. The van der Waals surface area contributed by atoms with Gasteiger partial charge >= 0.3 is 0 Å². The Morgan fingerprint density at radius 2 is 2.00 bits per heavy atom. The monoisotopic (exact) mass is 327 g/mol. The van der Waals surface area contributed by atoms with Crippen LogP contribution in [0, 0.1) is 5.92 Å². The van der Waals surface area contributed by atoms with E-state index >= 15 is 0 Å². The van der Waals surface area contributed by atoms with Crippen molar-refractivity contribution < 1.29 is 5.11 Å². The summed E-state index contributed by atoms with van der Waals surface area (Å²) in [6.45, 7) is 4.75. The Kier molecular flexibility index (Phi) is 5.07. The van der Waals surface area contributed by atoms with E-state index in [9.17, 15) is 5.11 Å². The molecule has 0 spiro atoms. The lowest BCUT2D eigenvalue weighted by Gasteiger charge is -2.36. The van der Waals surface area contributed by atoms with E-state index in [1.807, 2.05) is 20.2 Å². The Morgan fingerprint density at radius 1 is 1.25 bits per heavy atom. The quantitative estimate of drug-likeness (QED) is 0.887. The minimum absolute atomic E-state index is 0.446. The van der Waals surface area contributed by atoms with Crippen LogP contribution in [0.5, 0.6) is 0 Å². The van der Waals surface area contributed by atoms with Crippen molar-refractivity contribution in [2.75, 3.05) is 6.54 Å². The SMILES string of the molecule is CC1CC(NCC(C)(O)c2cnn(C)c2)CC(c2ccccc2)C1. The molecule has 4 atom stereocenters. The maximum atomic E-state index is 10.8. The van der Waals surface area contributed by atoms with Crippen LogP contribution in [0.2, 0.25) is 0 Å². The van der Waals surface area contributed by atoms with Crippen molar-refractivity contribution in [3.05, 3.63) is 53.9 Å². The van der Waals surface area contributed by atoms with Crippen LogP contribution >= 0.6 is 0 Å². The molecule has 1 aliphatic rings. The van der Waals surface area contributed by atoms with E-state index in [1.54, 1.807) is 10.9 Å². The summed E-state index contributed by atoms with van der Waals surface area (Å²) in [7, 11) is 1.88. The molecular formula is C20H29N3O. The lowest BCUT2D eigenvalue weighted by atomic mass is 9.76. The molecule has 1 aromatic carbocycles. The lowest BCUT2D eigenvalue weighted by molar-refractivity contribution is 0.0505. The molecule has 1 aromatic heterocycles. The molecule has 1 aliphatic carbocycles. The average Bonchev–Trinajstić information content (AvgIpc) is 3.01. The van der Waals surface area contributed by atoms with E-state index in [0.717, 1.165) is 12.0 Å². The van der Waals surface area contributed by atoms with E-state index < -0.39 is 5.60 Å². The van der Waals surface area contributed by atoms with E-state index in [-0.39, 0.29) is 0 Å². The number of benzene rings is 1. The number of hydrogen-bond acceptors (Lipinski definition) is 3. The van der Waals surface area contributed by atoms with Gasteiger partial charge in [-0.15, -0.1) is 0 Å². The van der Waals surface area contributed by atoms with Crippen molar-refractivity contribution in [2.24, 2.45) is 13.0 Å². The summed E-state index contributed by atoms with van der Waals surface area (Å²) < 4.78 is 1.73. The predicted molar refractivity (Wildman–Crippen MR) is 96.8 cm³/mol. The molecule has 0 bridgehead atoms. The minimum Gasteiger partial charge on any atom is -0.384 e. The van der Waals surface area contributed by atoms with Gasteiger partial charge in [0.1, 0.15) is 5.60 Å². The highest BCUT2D eigenvalue weighted by atomic mass is 16.3. The summed E-state index contributed by atoms with van der Waals surface area (Å²) in [5.74, 6) is 1.31. The molecule has 4 heteroatoms. The zero-order valence-corrected chi connectivity index (χ0v) is 14.9. The Bertz CT molecular complexity index is 650. The Morgan fingerprint density at radius 3 is 2.67 bits per heavy atom. The molecule has 1 fully saturated rings. The van der Waals surface area contributed by atoms with Crippen LogP contribution in [-0.2, 0) is 12.6 Å². The van der Waals surface area contributed by atoms with Gasteiger partial charge in [-0.25, -0.2) is 0 Å². The highest BCUT2D eigenvalue weighted by Crippen LogP contribution is 2.36. The fourth-order valence-corrected chi connectivity index (χ4v) is 3.91. The number of aliphatic hydroxyl groups is 1. The van der Waals surface area contributed by atoms with Gasteiger partial charge in [0, 0.05) is 31.4 Å². The van der Waals surface area contributed by atoms with E-state index in [2.05, 4.69) is 47.7 Å². The Hall–Kier alpha value is -1.65. The van der Waals surface area contributed by atoms with Crippen molar-refractivity contribution in [3.8, 4) is 0 Å². The first kappa shape index (κ1) is 17.2. The molecule has 130 valence electrons. The fourth-order valence-electron chi connectivity index (χ4n) is 3.91. The second-order valence-electron chi connectivity index (χ2n) is 7.67. The summed E-state index contributed by atoms with van der Waals surface area (Å²) in [4.78, 5) is 0. The number of rotatable bonds is 5. The molecule has 4 unspecified atom stereocenters. The molecule has 0 amide bonds. The number of nitrogens with one attached hydrogen (secondary N) is 1. The van der Waals surface area contributed by atoms with Gasteiger partial charge in [0.25, 0.3) is 0 Å². The largest absolute Gasteiger partial charge is 0.384 e. The van der Waals surface area contributed by atoms with Gasteiger partial charge < -0.3 is 10.4 Å². The average molecular weight is 327 g/mol. The Labute approximate surface area is 144 Å². The van der Waals surface area contributed by atoms with Crippen LogP contribution in [0.15, 0.2) is 42.7 Å². The van der Waals surface area contributed by atoms with Gasteiger partial charge in [-0.1, -0.05) is 37.3 Å². The summed E-state index contributed by atoms with van der Waals surface area (Å²) in [5, 5.41) is 18.5. The van der Waals surface area contributed by atoms with Crippen LogP contribution in [0.3, 0.4) is 0 Å². The van der Waals surface area contributed by atoms with Crippen molar-refractivity contribution in [2.45, 2.75) is 50.7 Å². The first-order valence-electron chi connectivity index (χ1n) is 8.94. The molecule has 0 radical (unpaired) electrons. The van der Waals surface area contributed by atoms with Crippen LogP contribution in [0.1, 0.15) is 50.2 Å². The third kappa shape index (κ3) is 4.05. The molecule has 4 nitrogen and oxygen atoms in total. The standard InChI is InChI=1S/C20H29N3O/c1-15-9-17(16-7-5-4-6-8-16)11-19(10-15)21-14-20(2,24)18-12-22-23(3)13-18/h4-8,12-13,15,17,19,21,24H,9-11,14H2,1-3H3. The van der Waals surface area contributed by atoms with E-state index in [4.69, 9.17) is 0 Å². The first-order chi connectivity index (χ1) is 11.4. The van der Waals surface area contributed by atoms with Crippen molar-refractivity contribution in [3.63, 3.8) is 0 Å². The van der Waals surface area contributed by atoms with Crippen molar-refractivity contribution in [1.82, 2.24) is 15.1 Å². The third-order valence-electron chi connectivity index (χ3n) is 5.28. The van der Waals surface area contributed by atoms with Gasteiger partial charge in [0.05, 0.1) is 6.20 Å². The zero-order valence-electron chi connectivity index (χ0n) is 14.9. The normalized spacial score (nSPS) is 26.9. The van der Waals surface area contributed by atoms with Gasteiger partial charge in [-0.3, -0.25) is 4.68 Å². The molecule has 2 N–H and O–H groups in total. The number of nitrogens with zero attached hydrogens (tertiary/aromatic N) is 2. The molecule has 2 aromatic rings. The van der Waals surface area contributed by atoms with Crippen molar-refractivity contribution >= 4 is 0 Å². The Balaban J connectivity index is 1.62. The molecule has 24 heavy (non-hydrogen) atoms. The summed E-state index contributed by atoms with van der Waals surface area (Å²) in [6.07, 6.45) is 7.20. The third-order valence-corrected chi connectivity index (χ3v) is 5.28. The van der Waals surface area contributed by atoms with Gasteiger partial charge in [-0.05, 0) is 43.6 Å². The van der Waals surface area contributed by atoms with E-state index in [0.29, 0.717) is 24.4 Å². The van der Waals surface area contributed by atoms with Crippen LogP contribution in [0.25, 0.3) is 0 Å². The highest BCUT2D eigenvalue weighted by Gasteiger charge is 2.30. The second kappa shape index (κ2) is 7.08. The maximum absolute atomic E-state index is 10.8. The minimum atomic E-state index is -0.892. The number of hydrogen-bond donors (Lipinski definition) is 2. The van der Waals surface area contributed by atoms with Crippen LogP contribution in [0.4, 0.5) is 0 Å². The van der Waals surface area contributed by atoms with Gasteiger partial charge in [0.2, 0.25) is 0 Å². The first-order valence-corrected chi connectivity index (χ1v) is 8.94. The smallest absolute Gasteiger partial charge is 0.102 e. The molecule has 0 aliphatic heterocycles. The van der Waals surface area contributed by atoms with Crippen LogP contribution < -0.4 is 5.32 Å². The molecule has 1 saturated carbocycles. The summed E-state index contributed by atoms with van der Waals surface area (Å²) in [5.41, 5.74) is 1.41. The highest BCUT2D eigenvalue weighted by molar-refractivity contribution is 5.21. The number of aryl methyl sites for hydroxylation is 1. The molecule has 0 saturated heterocycles. The van der Waals surface area contributed by atoms with Crippen LogP contribution in [-0.4, -0.2) is 27.5 Å². The fraction of sp³-hybridized carbons (Fsp3) is 0.550. The molecule has 3 rings (SSSR count). The topological polar surface area (TPSA) is 50.1 Å². The molecule has 1 heterocycles. The van der Waals surface area contributed by atoms with Crippen molar-refractivity contribution in [1.29, 1.82) is 0 Å². The predicted octanol–water partition coefficient (Wildman–Crippen LogP) is 3.19. The molecular weight excluding hydrogens is 298 g/mol.